The zero-order chi connectivity index (χ0) is 13.8. The number of hydrogen-bond acceptors (Lipinski definition) is 3. The summed E-state index contributed by atoms with van der Waals surface area (Å²) < 4.78 is 10.5. The maximum atomic E-state index is 5.93. The van der Waals surface area contributed by atoms with Gasteiger partial charge in [0, 0.05) is 16.7 Å². The Bertz CT molecular complexity index is 678. The van der Waals surface area contributed by atoms with Crippen LogP contribution in [0.1, 0.15) is 5.56 Å². The lowest BCUT2D eigenvalue weighted by atomic mass is 10.1. The highest BCUT2D eigenvalue weighted by Gasteiger charge is 2.02. The lowest BCUT2D eigenvalue weighted by Crippen LogP contribution is -1.95. The fourth-order valence-electron chi connectivity index (χ4n) is 1.88. The molecule has 0 aliphatic heterocycles. The van der Waals surface area contributed by atoms with Crippen LogP contribution in [-0.2, 0) is 6.61 Å². The number of nitrogens with zero attached hydrogens (tertiary/aromatic N) is 1. The monoisotopic (exact) mass is 285 g/mol. The van der Waals surface area contributed by atoms with Gasteiger partial charge in [-0.05, 0) is 42.0 Å². The van der Waals surface area contributed by atoms with E-state index in [4.69, 9.17) is 20.9 Å². The summed E-state index contributed by atoms with van der Waals surface area (Å²) in [4.78, 5) is 0. The van der Waals surface area contributed by atoms with Crippen molar-refractivity contribution in [2.75, 3.05) is 0 Å². The van der Waals surface area contributed by atoms with Gasteiger partial charge in [0.05, 0.1) is 0 Å². The molecular weight excluding hydrogens is 274 g/mol. The van der Waals surface area contributed by atoms with Crippen molar-refractivity contribution in [3.63, 3.8) is 0 Å². The summed E-state index contributed by atoms with van der Waals surface area (Å²) >= 11 is 5.93. The Kier molecular flexibility index (Phi) is 3.70. The van der Waals surface area contributed by atoms with Crippen LogP contribution in [0.25, 0.3) is 11.3 Å². The largest absolute Gasteiger partial charge is 0.489 e. The van der Waals surface area contributed by atoms with Gasteiger partial charge >= 0.3 is 0 Å². The van der Waals surface area contributed by atoms with Crippen LogP contribution in [0, 0.1) is 0 Å². The molecule has 0 radical (unpaired) electrons. The molecule has 3 aromatic rings. The Morgan fingerprint density at radius 3 is 2.60 bits per heavy atom. The van der Waals surface area contributed by atoms with Crippen molar-refractivity contribution in [1.82, 2.24) is 5.16 Å². The van der Waals surface area contributed by atoms with Crippen LogP contribution in [0.4, 0.5) is 0 Å². The summed E-state index contributed by atoms with van der Waals surface area (Å²) in [6.07, 6.45) is 1.55. The molecule has 0 bridgehead atoms. The number of rotatable bonds is 4. The molecule has 1 heterocycles. The molecule has 3 nitrogen and oxygen atoms in total. The molecule has 100 valence electrons. The summed E-state index contributed by atoms with van der Waals surface area (Å²) in [6, 6.07) is 17.2. The van der Waals surface area contributed by atoms with E-state index in [1.807, 2.05) is 54.6 Å². The number of ether oxygens (including phenoxy) is 1. The van der Waals surface area contributed by atoms with Gasteiger partial charge in [0.15, 0.2) is 0 Å². The molecule has 0 N–H and O–H groups in total. The molecule has 20 heavy (non-hydrogen) atoms. The molecule has 0 spiro atoms. The number of benzene rings is 2. The first-order chi connectivity index (χ1) is 9.81. The Labute approximate surface area is 121 Å². The first kappa shape index (κ1) is 12.8. The third-order valence-corrected chi connectivity index (χ3v) is 3.12. The Morgan fingerprint density at radius 1 is 1.05 bits per heavy atom. The summed E-state index contributed by atoms with van der Waals surface area (Å²) in [7, 11) is 0. The summed E-state index contributed by atoms with van der Waals surface area (Å²) in [5, 5.41) is 4.60. The maximum Gasteiger partial charge on any atom is 0.124 e. The minimum Gasteiger partial charge on any atom is -0.489 e. The van der Waals surface area contributed by atoms with Crippen LogP contribution in [0.3, 0.4) is 0 Å². The maximum absolute atomic E-state index is 5.93. The van der Waals surface area contributed by atoms with Crippen LogP contribution in [0.2, 0.25) is 5.02 Å². The second-order valence-corrected chi connectivity index (χ2v) is 4.76. The fourth-order valence-corrected chi connectivity index (χ4v) is 2.09. The molecule has 0 amide bonds. The number of aromatic nitrogens is 1. The molecule has 0 unspecified atom stereocenters. The van der Waals surface area contributed by atoms with Gasteiger partial charge < -0.3 is 9.26 Å². The predicted molar refractivity (Wildman–Crippen MR) is 77.7 cm³/mol. The van der Waals surface area contributed by atoms with Gasteiger partial charge in [0.25, 0.3) is 0 Å². The van der Waals surface area contributed by atoms with Gasteiger partial charge in [0.2, 0.25) is 0 Å². The smallest absolute Gasteiger partial charge is 0.124 e. The topological polar surface area (TPSA) is 35.3 Å². The van der Waals surface area contributed by atoms with E-state index >= 15 is 0 Å². The van der Waals surface area contributed by atoms with Gasteiger partial charge in [-0.25, -0.2) is 0 Å². The van der Waals surface area contributed by atoms with E-state index in [0.717, 1.165) is 22.6 Å². The Balaban J connectivity index is 1.67. The highest BCUT2D eigenvalue weighted by Crippen LogP contribution is 2.21. The minimum absolute atomic E-state index is 0.490. The van der Waals surface area contributed by atoms with Crippen molar-refractivity contribution in [2.45, 2.75) is 6.61 Å². The summed E-state index contributed by atoms with van der Waals surface area (Å²) in [5.41, 5.74) is 2.85. The van der Waals surface area contributed by atoms with Gasteiger partial charge in [-0.3, -0.25) is 0 Å². The first-order valence-corrected chi connectivity index (χ1v) is 6.57. The van der Waals surface area contributed by atoms with Crippen LogP contribution in [0.5, 0.6) is 5.75 Å². The van der Waals surface area contributed by atoms with Crippen LogP contribution >= 0.6 is 11.6 Å². The Hall–Kier alpha value is -2.26. The van der Waals surface area contributed by atoms with Gasteiger partial charge in [-0.2, -0.15) is 0 Å². The molecule has 2 aromatic carbocycles. The SMILES string of the molecule is Clc1cccc(COc2ccc(-c3ccon3)cc2)c1. The summed E-state index contributed by atoms with van der Waals surface area (Å²) in [5.74, 6) is 0.803. The molecule has 0 aliphatic carbocycles. The van der Waals surface area contributed by atoms with E-state index in [2.05, 4.69) is 5.16 Å². The van der Waals surface area contributed by atoms with Crippen molar-refractivity contribution < 1.29 is 9.26 Å². The molecule has 0 aliphatic rings. The fraction of sp³-hybridized carbons (Fsp3) is 0.0625. The third kappa shape index (κ3) is 3.00. The van der Waals surface area contributed by atoms with E-state index in [1.54, 1.807) is 6.26 Å². The quantitative estimate of drug-likeness (QED) is 0.704. The van der Waals surface area contributed by atoms with Crippen LogP contribution in [0.15, 0.2) is 65.4 Å². The van der Waals surface area contributed by atoms with Crippen molar-refractivity contribution in [1.29, 1.82) is 0 Å². The minimum atomic E-state index is 0.490. The van der Waals surface area contributed by atoms with E-state index in [-0.39, 0.29) is 0 Å². The highest BCUT2D eigenvalue weighted by atomic mass is 35.5. The highest BCUT2D eigenvalue weighted by molar-refractivity contribution is 6.30. The Morgan fingerprint density at radius 2 is 1.90 bits per heavy atom. The molecular formula is C16H12ClNO2. The van der Waals surface area contributed by atoms with Crippen molar-refractivity contribution in [3.8, 4) is 17.0 Å². The lowest BCUT2D eigenvalue weighted by molar-refractivity contribution is 0.306. The van der Waals surface area contributed by atoms with Crippen molar-refractivity contribution >= 4 is 11.6 Å². The average molecular weight is 286 g/mol. The zero-order valence-electron chi connectivity index (χ0n) is 10.6. The first-order valence-electron chi connectivity index (χ1n) is 6.19. The molecule has 0 saturated heterocycles. The number of hydrogen-bond donors (Lipinski definition) is 0. The van der Waals surface area contributed by atoms with E-state index in [0.29, 0.717) is 11.6 Å². The van der Waals surface area contributed by atoms with E-state index < -0.39 is 0 Å². The zero-order valence-corrected chi connectivity index (χ0v) is 11.4. The summed E-state index contributed by atoms with van der Waals surface area (Å²) in [6.45, 7) is 0.490. The normalized spacial score (nSPS) is 10.4. The average Bonchev–Trinajstić information content (AvgIpc) is 3.00. The molecule has 0 atom stereocenters. The second kappa shape index (κ2) is 5.80. The lowest BCUT2D eigenvalue weighted by Gasteiger charge is -2.07. The van der Waals surface area contributed by atoms with Crippen molar-refractivity contribution in [2.24, 2.45) is 0 Å². The molecule has 1 aromatic heterocycles. The standard InChI is InChI=1S/C16H12ClNO2/c17-14-3-1-2-12(10-14)11-19-15-6-4-13(5-7-15)16-8-9-20-18-16/h1-10H,11H2. The van der Waals surface area contributed by atoms with Gasteiger partial charge in [-0.15, -0.1) is 0 Å². The van der Waals surface area contributed by atoms with Crippen LogP contribution < -0.4 is 4.74 Å². The number of halogens is 1. The van der Waals surface area contributed by atoms with Crippen molar-refractivity contribution in [3.05, 3.63) is 71.4 Å². The molecule has 0 fully saturated rings. The van der Waals surface area contributed by atoms with Gasteiger partial charge in [0.1, 0.15) is 24.3 Å². The molecule has 4 heteroatoms. The predicted octanol–water partition coefficient (Wildman–Crippen LogP) is 4.57. The van der Waals surface area contributed by atoms with E-state index in [9.17, 15) is 0 Å². The molecule has 0 saturated carbocycles. The third-order valence-electron chi connectivity index (χ3n) is 2.88. The van der Waals surface area contributed by atoms with Gasteiger partial charge in [-0.1, -0.05) is 28.9 Å². The second-order valence-electron chi connectivity index (χ2n) is 4.33. The van der Waals surface area contributed by atoms with E-state index in [1.165, 1.54) is 0 Å². The van der Waals surface area contributed by atoms with Crippen LogP contribution in [-0.4, -0.2) is 5.16 Å². The molecule has 3 rings (SSSR count).